The van der Waals surface area contributed by atoms with Crippen LogP contribution in [0, 0.1) is 6.92 Å². The molecule has 0 saturated carbocycles. The van der Waals surface area contributed by atoms with Crippen molar-refractivity contribution in [3.63, 3.8) is 0 Å². The van der Waals surface area contributed by atoms with Crippen molar-refractivity contribution in [1.82, 2.24) is 19.4 Å². The Labute approximate surface area is 200 Å². The summed E-state index contributed by atoms with van der Waals surface area (Å²) in [6.07, 6.45) is 3.39. The van der Waals surface area contributed by atoms with E-state index in [0.29, 0.717) is 42.6 Å². The van der Waals surface area contributed by atoms with Crippen molar-refractivity contribution in [2.45, 2.75) is 38.6 Å². The number of oxazole rings is 1. The van der Waals surface area contributed by atoms with E-state index in [2.05, 4.69) is 9.97 Å². The maximum atomic E-state index is 12.7. The number of fused-ring (bicyclic) bond motifs is 1. The molecule has 0 spiro atoms. The van der Waals surface area contributed by atoms with Crippen LogP contribution in [0.2, 0.25) is 0 Å². The highest BCUT2D eigenvalue weighted by Crippen LogP contribution is 2.25. The Morgan fingerprint density at radius 3 is 2.51 bits per heavy atom. The zero-order chi connectivity index (χ0) is 24.5. The average molecular weight is 475 g/mol. The van der Waals surface area contributed by atoms with Crippen LogP contribution in [0.5, 0.6) is 0 Å². The Hall–Kier alpha value is -4.14. The lowest BCUT2D eigenvalue weighted by Crippen LogP contribution is -2.40. The van der Waals surface area contributed by atoms with Crippen molar-refractivity contribution in [2.24, 2.45) is 0 Å². The monoisotopic (exact) mass is 474 g/mol. The number of aromatic nitrogens is 3. The van der Waals surface area contributed by atoms with Gasteiger partial charge in [-0.2, -0.15) is 0 Å². The smallest absolute Gasteiger partial charge is 0.408 e. The number of carbonyl (C=O) groups is 2. The van der Waals surface area contributed by atoms with Gasteiger partial charge in [-0.25, -0.2) is 9.59 Å². The summed E-state index contributed by atoms with van der Waals surface area (Å²) in [7, 11) is 0. The summed E-state index contributed by atoms with van der Waals surface area (Å²) >= 11 is 0. The Kier molecular flexibility index (Phi) is 5.98. The fourth-order valence-corrected chi connectivity index (χ4v) is 4.75. The van der Waals surface area contributed by atoms with E-state index in [1.54, 1.807) is 22.5 Å². The molecule has 1 fully saturated rings. The lowest BCUT2D eigenvalue weighted by molar-refractivity contribution is -0.132. The van der Waals surface area contributed by atoms with Crippen LogP contribution < -0.4 is 11.4 Å². The van der Waals surface area contributed by atoms with Crippen LogP contribution in [0.4, 0.5) is 0 Å². The predicted octanol–water partition coefficient (Wildman–Crippen LogP) is 3.41. The second-order valence-corrected chi connectivity index (χ2v) is 8.96. The Morgan fingerprint density at radius 2 is 1.77 bits per heavy atom. The van der Waals surface area contributed by atoms with Crippen molar-refractivity contribution in [3.8, 4) is 11.3 Å². The van der Waals surface area contributed by atoms with Gasteiger partial charge in [0.2, 0.25) is 5.91 Å². The molecule has 180 valence electrons. The van der Waals surface area contributed by atoms with Gasteiger partial charge in [0.05, 0.1) is 11.2 Å². The number of carbonyl (C=O) groups excluding carboxylic acids is 2. The fraction of sp³-hybridized carbons (Fsp3) is 0.308. The normalized spacial score (nSPS) is 14.5. The molecule has 9 heteroatoms. The van der Waals surface area contributed by atoms with E-state index in [0.717, 1.165) is 16.8 Å². The summed E-state index contributed by atoms with van der Waals surface area (Å²) in [6, 6.07) is 12.9. The maximum Gasteiger partial charge on any atom is 0.417 e. The van der Waals surface area contributed by atoms with Crippen LogP contribution in [0.1, 0.15) is 47.6 Å². The summed E-state index contributed by atoms with van der Waals surface area (Å²) in [5, 5.41) is 0. The van der Waals surface area contributed by atoms with Crippen LogP contribution in [0.25, 0.3) is 22.4 Å². The van der Waals surface area contributed by atoms with Crippen LogP contribution in [-0.2, 0) is 4.79 Å². The molecule has 2 N–H and O–H groups in total. The first-order chi connectivity index (χ1) is 16.9. The molecule has 0 radical (unpaired) electrons. The summed E-state index contributed by atoms with van der Waals surface area (Å²) < 4.78 is 6.80. The SMILES string of the molecule is Cc1cc(C(=O)CCC(=O)N2CCC(n3cc(-c4ccccc4)[nH]c3=O)CC2)cc2oc(=O)[nH]c12. The Balaban J connectivity index is 1.17. The number of benzene rings is 2. The molecule has 0 aliphatic carbocycles. The maximum absolute atomic E-state index is 12.7. The first kappa shape index (κ1) is 22.6. The summed E-state index contributed by atoms with van der Waals surface area (Å²) in [5.74, 6) is -0.812. The molecule has 0 bridgehead atoms. The molecule has 0 atom stereocenters. The predicted molar refractivity (Wildman–Crippen MR) is 130 cm³/mol. The highest BCUT2D eigenvalue weighted by molar-refractivity contribution is 6.00. The molecule has 1 aliphatic heterocycles. The molecule has 1 amide bonds. The number of nitrogens with one attached hydrogen (secondary N) is 2. The van der Waals surface area contributed by atoms with E-state index >= 15 is 0 Å². The van der Waals surface area contributed by atoms with Crippen LogP contribution >= 0.6 is 0 Å². The van der Waals surface area contributed by atoms with E-state index in [1.165, 1.54) is 6.07 Å². The zero-order valence-electron chi connectivity index (χ0n) is 19.4. The van der Waals surface area contributed by atoms with Gasteiger partial charge >= 0.3 is 11.4 Å². The minimum absolute atomic E-state index is 0.0209. The minimum atomic E-state index is -0.565. The number of ketones is 1. The number of rotatable bonds is 6. The summed E-state index contributed by atoms with van der Waals surface area (Å²) in [4.78, 5) is 56.7. The zero-order valence-corrected chi connectivity index (χ0v) is 19.4. The molecular formula is C26H26N4O5. The largest absolute Gasteiger partial charge is 0.417 e. The average Bonchev–Trinajstić information content (AvgIpc) is 3.45. The molecular weight excluding hydrogens is 448 g/mol. The van der Waals surface area contributed by atoms with Crippen LogP contribution in [0.15, 0.2) is 62.7 Å². The number of nitrogens with zero attached hydrogens (tertiary/aromatic N) is 2. The number of Topliss-reactive ketones (excluding diaryl/α,β-unsaturated/α-hetero) is 1. The first-order valence-corrected chi connectivity index (χ1v) is 11.7. The number of amides is 1. The van der Waals surface area contributed by atoms with Crippen molar-refractivity contribution < 1.29 is 14.0 Å². The van der Waals surface area contributed by atoms with Gasteiger partial charge in [0, 0.05) is 43.7 Å². The first-order valence-electron chi connectivity index (χ1n) is 11.7. The number of hydrogen-bond donors (Lipinski definition) is 2. The Bertz CT molecular complexity index is 1500. The molecule has 5 rings (SSSR count). The third kappa shape index (κ3) is 4.62. The third-order valence-corrected chi connectivity index (χ3v) is 6.66. The third-order valence-electron chi connectivity index (χ3n) is 6.66. The van der Waals surface area contributed by atoms with E-state index in [-0.39, 0.29) is 36.3 Å². The van der Waals surface area contributed by atoms with Gasteiger partial charge < -0.3 is 14.3 Å². The van der Waals surface area contributed by atoms with Crippen molar-refractivity contribution in [1.29, 1.82) is 0 Å². The molecule has 35 heavy (non-hydrogen) atoms. The number of aryl methyl sites for hydroxylation is 1. The number of likely N-dealkylation sites (tertiary alicyclic amines) is 1. The lowest BCUT2D eigenvalue weighted by atomic mass is 10.0. The highest BCUT2D eigenvalue weighted by atomic mass is 16.4. The van der Waals surface area contributed by atoms with E-state index in [1.807, 2.05) is 36.5 Å². The summed E-state index contributed by atoms with van der Waals surface area (Å²) in [6.45, 7) is 2.86. The van der Waals surface area contributed by atoms with Crippen molar-refractivity contribution >= 4 is 22.8 Å². The topological polar surface area (TPSA) is 121 Å². The second-order valence-electron chi connectivity index (χ2n) is 8.96. The molecule has 1 aliphatic rings. The van der Waals surface area contributed by atoms with Crippen LogP contribution in [0.3, 0.4) is 0 Å². The molecule has 1 saturated heterocycles. The van der Waals surface area contributed by atoms with E-state index in [4.69, 9.17) is 4.42 Å². The van der Waals surface area contributed by atoms with Gasteiger partial charge in [-0.15, -0.1) is 0 Å². The van der Waals surface area contributed by atoms with Gasteiger partial charge in [-0.05, 0) is 43.0 Å². The van der Waals surface area contributed by atoms with Gasteiger partial charge in [0.25, 0.3) is 0 Å². The van der Waals surface area contributed by atoms with Crippen molar-refractivity contribution in [3.05, 3.63) is 80.8 Å². The Morgan fingerprint density at radius 1 is 1.03 bits per heavy atom. The molecule has 3 heterocycles. The second kappa shape index (κ2) is 9.25. The molecule has 0 unspecified atom stereocenters. The molecule has 9 nitrogen and oxygen atoms in total. The minimum Gasteiger partial charge on any atom is -0.408 e. The number of piperidine rings is 1. The van der Waals surface area contributed by atoms with E-state index in [9.17, 15) is 19.2 Å². The van der Waals surface area contributed by atoms with Gasteiger partial charge in [0.15, 0.2) is 11.4 Å². The molecule has 2 aromatic carbocycles. The number of H-pyrrole nitrogens is 2. The lowest BCUT2D eigenvalue weighted by Gasteiger charge is -2.32. The number of imidazole rings is 1. The van der Waals surface area contributed by atoms with Gasteiger partial charge in [-0.3, -0.25) is 19.1 Å². The standard InChI is InChI=1S/C26H26N4O5/c1-16-13-18(14-22-24(16)28-26(34)35-22)21(31)7-8-23(32)29-11-9-19(10-12-29)30-15-20(27-25(30)33)17-5-3-2-4-6-17/h2-6,13-15,19H,7-12H2,1H3,(H,27,33)(H,28,34). The van der Waals surface area contributed by atoms with Crippen LogP contribution in [-0.4, -0.2) is 44.2 Å². The molecule has 4 aromatic rings. The van der Waals surface area contributed by atoms with Gasteiger partial charge in [-0.1, -0.05) is 30.3 Å². The van der Waals surface area contributed by atoms with Gasteiger partial charge in [0.1, 0.15) is 0 Å². The highest BCUT2D eigenvalue weighted by Gasteiger charge is 2.25. The molecule has 2 aromatic heterocycles. The van der Waals surface area contributed by atoms with Crippen molar-refractivity contribution in [2.75, 3.05) is 13.1 Å². The number of hydrogen-bond acceptors (Lipinski definition) is 5. The quantitative estimate of drug-likeness (QED) is 0.415. The number of aromatic amines is 2. The fourth-order valence-electron chi connectivity index (χ4n) is 4.75. The van der Waals surface area contributed by atoms with E-state index < -0.39 is 5.76 Å². The summed E-state index contributed by atoms with van der Waals surface area (Å²) in [5.41, 5.74) is 3.65.